The van der Waals surface area contributed by atoms with Gasteiger partial charge in [0, 0.05) is 16.9 Å². The van der Waals surface area contributed by atoms with Gasteiger partial charge in [-0.2, -0.15) is 0 Å². The van der Waals surface area contributed by atoms with Crippen molar-refractivity contribution in [2.75, 3.05) is 43.6 Å². The second kappa shape index (κ2) is 31.3. The van der Waals surface area contributed by atoms with E-state index in [-0.39, 0.29) is 60.4 Å². The zero-order valence-corrected chi connectivity index (χ0v) is 43.3. The number of carboxylic acid groups (broad SMARTS) is 1. The number of ether oxygens (including phenoxy) is 4. The molecule has 0 saturated carbocycles. The molecule has 0 spiro atoms. The van der Waals surface area contributed by atoms with Gasteiger partial charge in [-0.15, -0.1) is 0 Å². The fourth-order valence-electron chi connectivity index (χ4n) is 6.57. The van der Waals surface area contributed by atoms with E-state index in [0.29, 0.717) is 35.5 Å². The van der Waals surface area contributed by atoms with E-state index in [1.165, 1.54) is 0 Å². The van der Waals surface area contributed by atoms with E-state index in [9.17, 15) is 28.8 Å². The van der Waals surface area contributed by atoms with E-state index < -0.39 is 18.2 Å². The Labute approximate surface area is 420 Å². The number of anilines is 2. The van der Waals surface area contributed by atoms with Gasteiger partial charge in [0.15, 0.2) is 5.78 Å². The van der Waals surface area contributed by atoms with Gasteiger partial charge in [0.2, 0.25) is 0 Å². The molecule has 0 aliphatic carbocycles. The average Bonchev–Trinajstić information content (AvgIpc) is 3.35. The normalized spacial score (nSPS) is 11.6. The molecule has 16 nitrogen and oxygen atoms in total. The lowest BCUT2D eigenvalue weighted by Gasteiger charge is -2.20. The van der Waals surface area contributed by atoms with Gasteiger partial charge in [-0.05, 0) is 109 Å². The van der Waals surface area contributed by atoms with Gasteiger partial charge in [-0.25, -0.2) is 29.8 Å². The van der Waals surface area contributed by atoms with Crippen LogP contribution in [0.5, 0.6) is 0 Å². The number of hydrogen-bond acceptors (Lipinski definition) is 13. The van der Waals surface area contributed by atoms with Crippen LogP contribution in [-0.4, -0.2) is 86.0 Å². The number of aromatic carboxylic acids is 1. The maximum atomic E-state index is 12.4. The Kier molecular flexibility index (Phi) is 26.5. The third-order valence-electron chi connectivity index (χ3n) is 10.8. The number of esters is 2. The van der Waals surface area contributed by atoms with Crippen molar-refractivity contribution in [3.63, 3.8) is 0 Å². The summed E-state index contributed by atoms with van der Waals surface area (Å²) in [4.78, 5) is 69.7. The molecule has 4 rings (SSSR count). The number of carboxylic acids is 1. The number of rotatable bonds is 22. The number of unbranched alkanes of at least 4 members (excludes halogenated alkanes) is 2. The van der Waals surface area contributed by atoms with E-state index in [0.717, 1.165) is 61.0 Å². The quantitative estimate of drug-likeness (QED) is 0.0107. The highest BCUT2D eigenvalue weighted by Gasteiger charge is 2.18. The molecule has 0 unspecified atom stereocenters. The molecule has 71 heavy (non-hydrogen) atoms. The van der Waals surface area contributed by atoms with Crippen LogP contribution in [0.1, 0.15) is 160 Å². The molecule has 0 heterocycles. The first-order valence-corrected chi connectivity index (χ1v) is 24.2. The minimum atomic E-state index is -0.875. The summed E-state index contributed by atoms with van der Waals surface area (Å²) in [5.74, 6) is 3.24. The van der Waals surface area contributed by atoms with Gasteiger partial charge < -0.3 is 40.0 Å². The van der Waals surface area contributed by atoms with E-state index in [1.54, 1.807) is 86.6 Å². The van der Waals surface area contributed by atoms with Crippen molar-refractivity contribution in [3.8, 4) is 0 Å². The van der Waals surface area contributed by atoms with Crippen LogP contribution in [0.25, 0.3) is 0 Å². The summed E-state index contributed by atoms with van der Waals surface area (Å²) < 4.78 is 20.3. The molecule has 0 radical (unpaired) electrons. The maximum Gasteiger partial charge on any atom is 0.421 e. The minimum Gasteiger partial charge on any atom is -0.478 e. The van der Waals surface area contributed by atoms with Gasteiger partial charge in [0.25, 0.3) is 0 Å². The number of benzene rings is 4. The lowest BCUT2D eigenvalue weighted by molar-refractivity contribution is 0.0517. The molecule has 0 bridgehead atoms. The predicted molar refractivity (Wildman–Crippen MR) is 278 cm³/mol. The largest absolute Gasteiger partial charge is 0.478 e. The lowest BCUT2D eigenvalue weighted by atomic mass is 9.86. The molecule has 0 saturated heterocycles. The number of Topliss-reactive ketones (excluding diaryl/α,β-unsaturated/α-hetero) is 1. The average molecular weight is 984 g/mol. The monoisotopic (exact) mass is 984 g/mol. The topological polar surface area (TPSA) is 234 Å². The Balaban J connectivity index is 0.000000409. The van der Waals surface area contributed by atoms with Crippen LogP contribution < -0.4 is 27.2 Å². The lowest BCUT2D eigenvalue weighted by Crippen LogP contribution is -2.35. The predicted octanol–water partition coefficient (Wildman–Crippen LogP) is 10.9. The van der Waals surface area contributed by atoms with E-state index in [1.807, 2.05) is 29.7 Å². The highest BCUT2D eigenvalue weighted by atomic mass is 16.6. The molecule has 7 N–H and O–H groups in total. The Morgan fingerprint density at radius 2 is 0.887 bits per heavy atom. The molecule has 0 aliphatic rings. The fourth-order valence-corrected chi connectivity index (χ4v) is 6.57. The van der Waals surface area contributed by atoms with E-state index in [2.05, 4.69) is 71.3 Å². The van der Waals surface area contributed by atoms with Gasteiger partial charge in [0.1, 0.15) is 13.2 Å². The zero-order chi connectivity index (χ0) is 53.0. The van der Waals surface area contributed by atoms with Crippen LogP contribution in [0.3, 0.4) is 0 Å². The summed E-state index contributed by atoms with van der Waals surface area (Å²) in [5.41, 5.74) is 7.85. The van der Waals surface area contributed by atoms with Crippen LogP contribution in [0, 0.1) is 0 Å². The van der Waals surface area contributed by atoms with Crippen LogP contribution in [0.4, 0.5) is 21.0 Å². The Hall–Kier alpha value is -6.94. The summed E-state index contributed by atoms with van der Waals surface area (Å²) >= 11 is 0. The Morgan fingerprint density at radius 3 is 1.23 bits per heavy atom. The second-order valence-corrected chi connectivity index (χ2v) is 18.6. The van der Waals surface area contributed by atoms with Crippen molar-refractivity contribution < 1.29 is 52.8 Å². The zero-order valence-electron chi connectivity index (χ0n) is 43.3. The third kappa shape index (κ3) is 23.5. The minimum absolute atomic E-state index is 0.00885. The number of carbonyl (C=O) groups is 6. The number of hydrogen-bond donors (Lipinski definition) is 6. The van der Waals surface area contributed by atoms with Crippen molar-refractivity contribution >= 4 is 47.3 Å². The maximum absolute atomic E-state index is 12.4. The van der Waals surface area contributed by atoms with Crippen molar-refractivity contribution in [1.29, 1.82) is 0 Å². The number of nitrogens with one attached hydrogen (secondary N) is 4. The van der Waals surface area contributed by atoms with Crippen LogP contribution >= 0.6 is 0 Å². The van der Waals surface area contributed by atoms with Crippen LogP contribution in [-0.2, 0) is 29.8 Å². The Morgan fingerprint density at radius 1 is 0.521 bits per heavy atom. The standard InChI is InChI=1S/C28H38N2O5.C16H25N3O4.C11H14O2/c1-6-8-9-24(30-23-16-12-21(13-17-23)26(32)34-7-2)19-35-27(33)29-18-25(31)20-10-14-22(15-11-20)28(3,4)5;1-3-5-6-14(11-23-16(21)19-17)18-13-9-7-12(8-10-13)15(20)22-4-2;1-11(2,3)9-6-4-8(5-7-9)10(12)13/h10-17,24,30H,6-9,18-19H2,1-5H3,(H,29,33);7-10,14,18H,3-6,11,17H2,1-2H3,(H,19,21);4-7H,1-3H3,(H,12,13)/t24-;14-;/m00./s1. The Bertz CT molecular complexity index is 2240. The molecule has 0 aromatic heterocycles. The molecular formula is C55H77N5O11. The number of hydrazine groups is 1. The highest BCUT2D eigenvalue weighted by Crippen LogP contribution is 2.23. The fraction of sp³-hybridized carbons (Fsp3) is 0.455. The summed E-state index contributed by atoms with van der Waals surface area (Å²) in [7, 11) is 0. The smallest absolute Gasteiger partial charge is 0.421 e. The van der Waals surface area contributed by atoms with Gasteiger partial charge in [-0.1, -0.05) is 117 Å². The number of ketones is 1. The highest BCUT2D eigenvalue weighted by molar-refractivity contribution is 5.99. The second-order valence-electron chi connectivity index (χ2n) is 18.6. The first-order valence-electron chi connectivity index (χ1n) is 24.2. The summed E-state index contributed by atoms with van der Waals surface area (Å²) in [6, 6.07) is 28.3. The van der Waals surface area contributed by atoms with Crippen LogP contribution in [0.15, 0.2) is 97.1 Å². The van der Waals surface area contributed by atoms with Gasteiger partial charge in [-0.3, -0.25) is 10.2 Å². The van der Waals surface area contributed by atoms with Gasteiger partial charge in [0.05, 0.1) is 48.5 Å². The number of carbonyl (C=O) groups excluding carboxylic acids is 5. The summed E-state index contributed by atoms with van der Waals surface area (Å²) in [5, 5.41) is 17.9. The molecular weight excluding hydrogens is 907 g/mol. The molecule has 16 heteroatoms. The number of nitrogens with two attached hydrogens (primary N) is 1. The SMILES string of the molecule is CC(C)(C)c1ccc(C(=O)O)cc1.CCCC[C@@H](COC(=O)NCC(=O)c1ccc(C(C)(C)C)cc1)Nc1ccc(C(=O)OCC)cc1.CCCC[C@@H](COC(=O)NN)Nc1ccc(C(=O)OCC)cc1. The summed E-state index contributed by atoms with van der Waals surface area (Å²) in [6.07, 6.45) is 4.39. The van der Waals surface area contributed by atoms with Crippen molar-refractivity contribution in [2.45, 2.75) is 131 Å². The molecule has 0 fully saturated rings. The molecule has 388 valence electrons. The molecule has 2 atom stereocenters. The van der Waals surface area contributed by atoms with E-state index >= 15 is 0 Å². The molecule has 0 aliphatic heterocycles. The molecule has 4 aromatic rings. The first kappa shape index (κ1) is 60.2. The number of alkyl carbamates (subject to hydrolysis) is 1. The van der Waals surface area contributed by atoms with Crippen LogP contribution in [0.2, 0.25) is 0 Å². The van der Waals surface area contributed by atoms with E-state index in [4.69, 9.17) is 29.9 Å². The molecule has 2 amide bonds. The number of amides is 2. The van der Waals surface area contributed by atoms with Gasteiger partial charge >= 0.3 is 30.1 Å². The van der Waals surface area contributed by atoms with Crippen molar-refractivity contribution in [3.05, 3.63) is 130 Å². The molecule has 4 aromatic carbocycles. The first-order chi connectivity index (χ1) is 33.6. The van der Waals surface area contributed by atoms with Crippen molar-refractivity contribution in [1.82, 2.24) is 10.7 Å². The summed E-state index contributed by atoms with van der Waals surface area (Å²) in [6.45, 7) is 21.3. The third-order valence-corrected chi connectivity index (χ3v) is 10.8. The van der Waals surface area contributed by atoms with Crippen molar-refractivity contribution in [2.24, 2.45) is 5.84 Å².